The van der Waals surface area contributed by atoms with E-state index in [0.717, 1.165) is 18.4 Å². The van der Waals surface area contributed by atoms with Gasteiger partial charge in [0.05, 0.1) is 23.9 Å². The van der Waals surface area contributed by atoms with Crippen LogP contribution in [-0.4, -0.2) is 30.3 Å². The molecule has 0 spiro atoms. The fraction of sp³-hybridized carbons (Fsp3) is 0.241. The highest BCUT2D eigenvalue weighted by Gasteiger charge is 2.39. The molecule has 0 radical (unpaired) electrons. The summed E-state index contributed by atoms with van der Waals surface area (Å²) in [5.74, 6) is 0.483. The lowest BCUT2D eigenvalue weighted by Gasteiger charge is -2.16. The van der Waals surface area contributed by atoms with Crippen molar-refractivity contribution in [3.05, 3.63) is 77.7 Å². The summed E-state index contributed by atoms with van der Waals surface area (Å²) in [4.78, 5) is 16.8. The molecule has 5 N–H and O–H groups in total. The third-order valence-corrected chi connectivity index (χ3v) is 6.68. The van der Waals surface area contributed by atoms with Crippen LogP contribution in [0.15, 0.2) is 60.8 Å². The van der Waals surface area contributed by atoms with Gasteiger partial charge in [-0.1, -0.05) is 6.07 Å². The van der Waals surface area contributed by atoms with E-state index in [-0.39, 0.29) is 16.9 Å². The van der Waals surface area contributed by atoms with Gasteiger partial charge in [0.15, 0.2) is 11.5 Å². The topological polar surface area (TPSA) is 111 Å². The van der Waals surface area contributed by atoms with E-state index in [1.807, 2.05) is 0 Å². The molecule has 1 aromatic heterocycles. The van der Waals surface area contributed by atoms with Crippen LogP contribution in [0.2, 0.25) is 0 Å². The van der Waals surface area contributed by atoms with Gasteiger partial charge in [0.1, 0.15) is 19.1 Å². The molecule has 202 valence electrons. The van der Waals surface area contributed by atoms with E-state index < -0.39 is 18.5 Å². The number of carbonyl (C=O) groups excluding carboxylic acids is 1. The van der Waals surface area contributed by atoms with Gasteiger partial charge in [-0.25, -0.2) is 13.6 Å². The summed E-state index contributed by atoms with van der Waals surface area (Å²) in [5.41, 5.74) is 9.29. The van der Waals surface area contributed by atoms with Crippen LogP contribution in [0, 0.1) is 12.7 Å². The number of aromatic nitrogens is 1. The van der Waals surface area contributed by atoms with Crippen LogP contribution in [0.4, 0.5) is 36.3 Å². The maximum atomic E-state index is 15.0. The van der Waals surface area contributed by atoms with Crippen molar-refractivity contribution in [1.29, 1.82) is 0 Å². The number of anilines is 4. The van der Waals surface area contributed by atoms with Gasteiger partial charge in [0, 0.05) is 34.7 Å². The fourth-order valence-electron chi connectivity index (χ4n) is 4.09. The Morgan fingerprint density at radius 2 is 1.77 bits per heavy atom. The van der Waals surface area contributed by atoms with E-state index in [4.69, 9.17) is 15.2 Å². The van der Waals surface area contributed by atoms with Crippen molar-refractivity contribution in [2.45, 2.75) is 32.0 Å². The first kappa shape index (κ1) is 26.2. The molecule has 1 saturated carbocycles. The van der Waals surface area contributed by atoms with E-state index in [9.17, 15) is 9.18 Å². The molecule has 10 heteroatoms. The fourth-order valence-corrected chi connectivity index (χ4v) is 4.09. The lowest BCUT2D eigenvalue weighted by atomic mass is 10.1. The van der Waals surface area contributed by atoms with Crippen molar-refractivity contribution >= 4 is 39.7 Å². The highest BCUT2D eigenvalue weighted by atomic mass is 19.1. The zero-order chi connectivity index (χ0) is 27.6. The smallest absolute Gasteiger partial charge is 0.323 e. The summed E-state index contributed by atoms with van der Waals surface area (Å²) in [6.45, 7) is 1.55. The maximum Gasteiger partial charge on any atom is 0.323 e. The quantitative estimate of drug-likeness (QED) is 0.198. The number of nitrogens with one attached hydrogen (secondary N) is 3. The number of rotatable bonds is 9. The first-order valence-electron chi connectivity index (χ1n) is 12.5. The molecule has 3 aromatic carbocycles. The van der Waals surface area contributed by atoms with Crippen molar-refractivity contribution < 1.29 is 23.0 Å². The Balaban J connectivity index is 1.30. The minimum absolute atomic E-state index is 0.206. The second-order valence-corrected chi connectivity index (χ2v) is 9.70. The standard InChI is InChI=1S/C29H29F2N5O3/c1-17-3-4-19(11-18(17)15-30)34-28(37)35-20-5-6-24(22(31)12-20)36-23-7-10-33-25-14-27(26(38-2)13-21(23)25)39-16-29(32)8-9-29/h3-7,10-14H,8-9,15-16,32H2,1-2H3,(H,33,36)(H2,34,35,37). The van der Waals surface area contributed by atoms with E-state index in [2.05, 4.69) is 20.9 Å². The van der Waals surface area contributed by atoms with Gasteiger partial charge >= 0.3 is 6.03 Å². The van der Waals surface area contributed by atoms with E-state index >= 15 is 4.39 Å². The number of nitrogens with zero attached hydrogens (tertiary/aromatic N) is 1. The van der Waals surface area contributed by atoms with Crippen molar-refractivity contribution in [3.8, 4) is 11.5 Å². The van der Waals surface area contributed by atoms with Crippen molar-refractivity contribution in [2.24, 2.45) is 5.73 Å². The number of ether oxygens (including phenoxy) is 2. The minimum atomic E-state index is -0.633. The number of nitrogens with two attached hydrogens (primary N) is 1. The average molecular weight is 534 g/mol. The van der Waals surface area contributed by atoms with Gasteiger partial charge in [-0.15, -0.1) is 0 Å². The molecule has 0 aliphatic heterocycles. The molecule has 1 fully saturated rings. The number of methoxy groups -OCH3 is 1. The molecule has 0 atom stereocenters. The van der Waals surface area contributed by atoms with Gasteiger partial charge in [-0.05, 0) is 73.4 Å². The van der Waals surface area contributed by atoms with Crippen molar-refractivity contribution in [1.82, 2.24) is 4.98 Å². The molecule has 1 aliphatic rings. The number of halogens is 2. The number of fused-ring (bicyclic) bond motifs is 1. The predicted molar refractivity (Wildman–Crippen MR) is 148 cm³/mol. The highest BCUT2D eigenvalue weighted by Crippen LogP contribution is 2.38. The molecule has 0 bridgehead atoms. The van der Waals surface area contributed by atoms with E-state index in [1.54, 1.807) is 62.7 Å². The number of aryl methyl sites for hydroxylation is 1. The largest absolute Gasteiger partial charge is 0.493 e. The third kappa shape index (κ3) is 6.01. The van der Waals surface area contributed by atoms with Gasteiger partial charge < -0.3 is 31.2 Å². The molecule has 5 rings (SSSR count). The van der Waals surface area contributed by atoms with Gasteiger partial charge in [0.2, 0.25) is 0 Å². The Morgan fingerprint density at radius 1 is 1.03 bits per heavy atom. The van der Waals surface area contributed by atoms with Crippen LogP contribution in [-0.2, 0) is 6.67 Å². The Hall–Kier alpha value is -4.44. The number of amides is 2. The molecule has 2 amide bonds. The number of carbonyl (C=O) groups is 1. The van der Waals surface area contributed by atoms with Crippen LogP contribution >= 0.6 is 0 Å². The molecular formula is C29H29F2N5O3. The number of alkyl halides is 1. The van der Waals surface area contributed by atoms with Crippen LogP contribution < -0.4 is 31.2 Å². The monoisotopic (exact) mass is 533 g/mol. The van der Waals surface area contributed by atoms with E-state index in [1.165, 1.54) is 12.1 Å². The summed E-state index contributed by atoms with van der Waals surface area (Å²) in [5, 5.41) is 9.03. The van der Waals surface area contributed by atoms with Crippen LogP contribution in [0.25, 0.3) is 10.9 Å². The summed E-state index contributed by atoms with van der Waals surface area (Å²) < 4.78 is 39.6. The molecular weight excluding hydrogens is 504 g/mol. The van der Waals surface area contributed by atoms with E-state index in [0.29, 0.717) is 45.9 Å². The molecule has 39 heavy (non-hydrogen) atoms. The predicted octanol–water partition coefficient (Wildman–Crippen LogP) is 6.42. The first-order valence-corrected chi connectivity index (χ1v) is 12.5. The van der Waals surface area contributed by atoms with Gasteiger partial charge in [-0.3, -0.25) is 4.98 Å². The Morgan fingerprint density at radius 3 is 2.46 bits per heavy atom. The number of pyridine rings is 1. The van der Waals surface area contributed by atoms with Crippen molar-refractivity contribution in [2.75, 3.05) is 29.7 Å². The molecule has 0 saturated heterocycles. The molecule has 0 unspecified atom stereocenters. The molecule has 4 aromatic rings. The van der Waals surface area contributed by atoms with Gasteiger partial charge in [-0.2, -0.15) is 0 Å². The second kappa shape index (κ2) is 10.7. The molecule has 8 nitrogen and oxygen atoms in total. The maximum absolute atomic E-state index is 15.0. The highest BCUT2D eigenvalue weighted by molar-refractivity contribution is 6.00. The number of hydrogen-bond acceptors (Lipinski definition) is 6. The lowest BCUT2D eigenvalue weighted by molar-refractivity contribution is 0.262. The zero-order valence-electron chi connectivity index (χ0n) is 21.6. The summed E-state index contributed by atoms with van der Waals surface area (Å²) in [6, 6.07) is 14.0. The van der Waals surface area contributed by atoms with Crippen LogP contribution in [0.1, 0.15) is 24.0 Å². The van der Waals surface area contributed by atoms with Gasteiger partial charge in [0.25, 0.3) is 0 Å². The average Bonchev–Trinajstić information content (AvgIpc) is 3.66. The first-order chi connectivity index (χ1) is 18.8. The number of benzene rings is 3. The Labute approximate surface area is 224 Å². The lowest BCUT2D eigenvalue weighted by Crippen LogP contribution is -2.29. The minimum Gasteiger partial charge on any atom is -0.493 e. The van der Waals surface area contributed by atoms with Crippen LogP contribution in [0.5, 0.6) is 11.5 Å². The third-order valence-electron chi connectivity index (χ3n) is 6.68. The molecule has 1 aliphatic carbocycles. The second-order valence-electron chi connectivity index (χ2n) is 9.70. The molecule has 1 heterocycles. The normalized spacial score (nSPS) is 13.6. The SMILES string of the molecule is COc1cc2c(Nc3ccc(NC(=O)Nc4ccc(C)c(CF)c4)cc3F)ccnc2cc1OCC1(N)CC1. The Bertz CT molecular complexity index is 1540. The van der Waals surface area contributed by atoms with Crippen LogP contribution in [0.3, 0.4) is 0 Å². The summed E-state index contributed by atoms with van der Waals surface area (Å²) >= 11 is 0. The Kier molecular flexibility index (Phi) is 7.21. The van der Waals surface area contributed by atoms with Crippen molar-refractivity contribution in [3.63, 3.8) is 0 Å². The summed E-state index contributed by atoms with van der Waals surface area (Å²) in [7, 11) is 1.55. The number of hydrogen-bond donors (Lipinski definition) is 4. The summed E-state index contributed by atoms with van der Waals surface area (Å²) in [6.07, 6.45) is 3.46. The number of urea groups is 1. The zero-order valence-corrected chi connectivity index (χ0v) is 21.6.